The molecule has 0 aromatic heterocycles. The summed E-state index contributed by atoms with van der Waals surface area (Å²) in [6.45, 7) is 9.69. The molecule has 0 unspecified atom stereocenters. The molecular weight excluding hydrogens is 122 g/mol. The Labute approximate surface area is 63.1 Å². The molecule has 0 rings (SSSR count). The molecule has 0 amide bonds. The molecule has 1 nitrogen and oxygen atoms in total. The summed E-state index contributed by atoms with van der Waals surface area (Å²) in [5.41, 5.74) is 2.40. The molecule has 0 saturated heterocycles. The zero-order valence-corrected chi connectivity index (χ0v) is 6.94. The Hall–Kier alpha value is -0.980. The number of allylic oxidation sites excluding steroid dienone is 4. The van der Waals surface area contributed by atoms with Gasteiger partial charge in [-0.2, -0.15) is 0 Å². The summed E-state index contributed by atoms with van der Waals surface area (Å²) in [6.07, 6.45) is 5.76. The van der Waals surface area contributed by atoms with E-state index in [1.54, 1.807) is 6.20 Å². The molecule has 1 N–H and O–H groups in total. The van der Waals surface area contributed by atoms with Crippen molar-refractivity contribution in [3.05, 3.63) is 36.2 Å². The highest BCUT2D eigenvalue weighted by molar-refractivity contribution is 5.13. The van der Waals surface area contributed by atoms with Crippen LogP contribution in [0, 0.1) is 0 Å². The van der Waals surface area contributed by atoms with Gasteiger partial charge in [-0.3, -0.25) is 0 Å². The minimum absolute atomic E-state index is 1.11. The maximum Gasteiger partial charge on any atom is 0.0114 e. The fourth-order valence-corrected chi connectivity index (χ4v) is 0.501. The Morgan fingerprint density at radius 3 is 2.20 bits per heavy atom. The zero-order chi connectivity index (χ0) is 7.98. The van der Waals surface area contributed by atoms with Crippen molar-refractivity contribution in [3.8, 4) is 0 Å². The van der Waals surface area contributed by atoms with E-state index in [4.69, 9.17) is 0 Å². The molecule has 0 fully saturated rings. The van der Waals surface area contributed by atoms with E-state index in [1.807, 2.05) is 13.0 Å². The number of nitrogens with one attached hydrogen (secondary N) is 1. The van der Waals surface area contributed by atoms with E-state index < -0.39 is 0 Å². The van der Waals surface area contributed by atoms with Crippen LogP contribution in [0.2, 0.25) is 0 Å². The fraction of sp³-hybridized carbons (Fsp3) is 0.333. The first-order valence-corrected chi connectivity index (χ1v) is 3.36. The molecule has 0 bridgehead atoms. The van der Waals surface area contributed by atoms with E-state index in [-0.39, 0.29) is 0 Å². The maximum absolute atomic E-state index is 3.56. The minimum Gasteiger partial charge on any atom is -0.366 e. The van der Waals surface area contributed by atoms with Crippen LogP contribution in [0.4, 0.5) is 0 Å². The van der Waals surface area contributed by atoms with E-state index in [0.29, 0.717) is 0 Å². The lowest BCUT2D eigenvalue weighted by molar-refractivity contribution is 1.06. The summed E-state index contributed by atoms with van der Waals surface area (Å²) in [6, 6.07) is 0. The molecule has 0 heterocycles. The molecule has 0 saturated carbocycles. The molecule has 0 atom stereocenters. The predicted octanol–water partition coefficient (Wildman–Crippen LogP) is 2.59. The molecule has 0 spiro atoms. The standard InChI is InChI=1S/C9H15N/c1-5-10-9(4)7-6-8(2)3/h5-7,10H,1H2,2-4H3/b9-7+. The molecule has 10 heavy (non-hydrogen) atoms. The van der Waals surface area contributed by atoms with Crippen molar-refractivity contribution >= 4 is 0 Å². The average molecular weight is 137 g/mol. The molecule has 0 aromatic carbocycles. The minimum atomic E-state index is 1.11. The summed E-state index contributed by atoms with van der Waals surface area (Å²) < 4.78 is 0. The molecule has 56 valence electrons. The van der Waals surface area contributed by atoms with Gasteiger partial charge in [0, 0.05) is 5.70 Å². The first-order chi connectivity index (χ1) is 4.66. The van der Waals surface area contributed by atoms with E-state index >= 15 is 0 Å². The van der Waals surface area contributed by atoms with Crippen molar-refractivity contribution in [3.63, 3.8) is 0 Å². The van der Waals surface area contributed by atoms with Gasteiger partial charge in [0.25, 0.3) is 0 Å². The van der Waals surface area contributed by atoms with E-state index in [2.05, 4.69) is 31.8 Å². The van der Waals surface area contributed by atoms with Crippen LogP contribution in [0.3, 0.4) is 0 Å². The van der Waals surface area contributed by atoms with Crippen molar-refractivity contribution in [1.82, 2.24) is 5.32 Å². The molecule has 0 aliphatic heterocycles. The SMILES string of the molecule is C=CN/C(C)=C/C=C(C)C. The normalized spacial score (nSPS) is 10.5. The molecule has 1 heteroatoms. The number of hydrogen-bond acceptors (Lipinski definition) is 1. The van der Waals surface area contributed by atoms with E-state index in [1.165, 1.54) is 5.57 Å². The van der Waals surface area contributed by atoms with E-state index in [9.17, 15) is 0 Å². The van der Waals surface area contributed by atoms with Crippen molar-refractivity contribution in [2.75, 3.05) is 0 Å². The Balaban J connectivity index is 3.91. The van der Waals surface area contributed by atoms with Crippen LogP contribution in [0.25, 0.3) is 0 Å². The van der Waals surface area contributed by atoms with Crippen molar-refractivity contribution < 1.29 is 0 Å². The van der Waals surface area contributed by atoms with Crippen LogP contribution in [-0.2, 0) is 0 Å². The van der Waals surface area contributed by atoms with Crippen LogP contribution < -0.4 is 5.32 Å². The smallest absolute Gasteiger partial charge is 0.0114 e. The third-order valence-corrected chi connectivity index (χ3v) is 0.996. The third-order valence-electron chi connectivity index (χ3n) is 0.996. The Bertz CT molecular complexity index is 160. The van der Waals surface area contributed by atoms with Gasteiger partial charge in [0.15, 0.2) is 0 Å². The number of rotatable bonds is 3. The van der Waals surface area contributed by atoms with Gasteiger partial charge in [-0.25, -0.2) is 0 Å². The van der Waals surface area contributed by atoms with Crippen LogP contribution >= 0.6 is 0 Å². The van der Waals surface area contributed by atoms with Gasteiger partial charge in [0.1, 0.15) is 0 Å². The molecule has 0 aliphatic rings. The third kappa shape index (κ3) is 5.16. The van der Waals surface area contributed by atoms with Gasteiger partial charge in [0.2, 0.25) is 0 Å². The van der Waals surface area contributed by atoms with E-state index in [0.717, 1.165) is 5.70 Å². The lowest BCUT2D eigenvalue weighted by Crippen LogP contribution is -1.98. The van der Waals surface area contributed by atoms with Crippen LogP contribution in [0.1, 0.15) is 20.8 Å². The first-order valence-electron chi connectivity index (χ1n) is 3.36. The van der Waals surface area contributed by atoms with Gasteiger partial charge in [-0.15, -0.1) is 0 Å². The molecular formula is C9H15N. The van der Waals surface area contributed by atoms with Crippen LogP contribution in [-0.4, -0.2) is 0 Å². The summed E-state index contributed by atoms with van der Waals surface area (Å²) in [7, 11) is 0. The van der Waals surface area contributed by atoms with Crippen LogP contribution in [0.15, 0.2) is 36.2 Å². The Morgan fingerprint density at radius 2 is 1.80 bits per heavy atom. The quantitative estimate of drug-likeness (QED) is 0.589. The topological polar surface area (TPSA) is 12.0 Å². The van der Waals surface area contributed by atoms with Crippen molar-refractivity contribution in [1.29, 1.82) is 0 Å². The van der Waals surface area contributed by atoms with Crippen molar-refractivity contribution in [2.24, 2.45) is 0 Å². The Morgan fingerprint density at radius 1 is 1.20 bits per heavy atom. The Kier molecular flexibility index (Phi) is 4.38. The average Bonchev–Trinajstić information content (AvgIpc) is 1.85. The summed E-state index contributed by atoms with van der Waals surface area (Å²) in [4.78, 5) is 0. The van der Waals surface area contributed by atoms with Gasteiger partial charge in [-0.05, 0) is 33.0 Å². The molecule has 0 radical (unpaired) electrons. The summed E-state index contributed by atoms with van der Waals surface area (Å²) in [5.74, 6) is 0. The second kappa shape index (κ2) is 4.86. The molecule has 0 aliphatic carbocycles. The molecule has 0 aromatic rings. The predicted molar refractivity (Wildman–Crippen MR) is 46.5 cm³/mol. The summed E-state index contributed by atoms with van der Waals surface area (Å²) in [5, 5.41) is 2.98. The van der Waals surface area contributed by atoms with Gasteiger partial charge < -0.3 is 5.32 Å². The van der Waals surface area contributed by atoms with Crippen LogP contribution in [0.5, 0.6) is 0 Å². The van der Waals surface area contributed by atoms with Gasteiger partial charge >= 0.3 is 0 Å². The highest BCUT2D eigenvalue weighted by Gasteiger charge is 1.78. The lowest BCUT2D eigenvalue weighted by Gasteiger charge is -1.95. The number of hydrogen-bond donors (Lipinski definition) is 1. The second-order valence-corrected chi connectivity index (χ2v) is 2.44. The second-order valence-electron chi connectivity index (χ2n) is 2.44. The summed E-state index contributed by atoms with van der Waals surface area (Å²) >= 11 is 0. The fourth-order valence-electron chi connectivity index (χ4n) is 0.501. The van der Waals surface area contributed by atoms with Gasteiger partial charge in [0.05, 0.1) is 0 Å². The maximum atomic E-state index is 3.56. The monoisotopic (exact) mass is 137 g/mol. The van der Waals surface area contributed by atoms with Gasteiger partial charge in [-0.1, -0.05) is 18.2 Å². The highest BCUT2D eigenvalue weighted by Crippen LogP contribution is 1.92. The largest absolute Gasteiger partial charge is 0.366 e. The van der Waals surface area contributed by atoms with Crippen molar-refractivity contribution in [2.45, 2.75) is 20.8 Å². The zero-order valence-electron chi connectivity index (χ0n) is 6.94. The highest BCUT2D eigenvalue weighted by atomic mass is 14.8. The lowest BCUT2D eigenvalue weighted by atomic mass is 10.3. The first kappa shape index (κ1) is 9.02.